The fourth-order valence-electron chi connectivity index (χ4n) is 4.88. The standard InChI is InChI=1S/C23H41N3O13/c1-9(37-21-17(25-12(4)32)23(36)39-15(8-29)19(21)34)5-26(13(6-27)10(2)30)22-16(24-11(3)31)20(35)18(33)14(7-28)38-22/h6,9-10,13-23,28-30,33-36H,5,7-8H2,1-4H3,(H,24,31)(H,25,32)/t9?,10-,13-,14-,15-,16-,17-,18-,19-,20-,21-,22?,23+/m1/s1. The van der Waals surface area contributed by atoms with E-state index in [1.165, 1.54) is 25.7 Å². The summed E-state index contributed by atoms with van der Waals surface area (Å²) in [6.07, 6.45) is -13.4. The molecule has 0 aromatic rings. The van der Waals surface area contributed by atoms with Crippen LogP contribution in [0.4, 0.5) is 0 Å². The number of carbonyl (C=O) groups excluding carboxylic acids is 3. The monoisotopic (exact) mass is 567 g/mol. The van der Waals surface area contributed by atoms with Crippen molar-refractivity contribution in [2.24, 2.45) is 0 Å². The summed E-state index contributed by atoms with van der Waals surface area (Å²) in [7, 11) is 0. The number of rotatable bonds is 12. The maximum absolute atomic E-state index is 12.1. The van der Waals surface area contributed by atoms with Crippen molar-refractivity contribution in [2.75, 3.05) is 19.8 Å². The third-order valence-corrected chi connectivity index (χ3v) is 6.71. The minimum Gasteiger partial charge on any atom is -0.394 e. The molecule has 2 saturated heterocycles. The zero-order valence-corrected chi connectivity index (χ0v) is 22.2. The molecule has 16 heteroatoms. The molecule has 2 unspecified atom stereocenters. The van der Waals surface area contributed by atoms with Crippen LogP contribution in [0.15, 0.2) is 0 Å². The zero-order valence-electron chi connectivity index (χ0n) is 22.2. The second kappa shape index (κ2) is 14.7. The summed E-state index contributed by atoms with van der Waals surface area (Å²) in [5, 5.41) is 76.7. The molecule has 226 valence electrons. The predicted molar refractivity (Wildman–Crippen MR) is 130 cm³/mol. The molecule has 16 nitrogen and oxygen atoms in total. The van der Waals surface area contributed by atoms with E-state index >= 15 is 0 Å². The molecule has 2 fully saturated rings. The van der Waals surface area contributed by atoms with Crippen molar-refractivity contribution in [3.05, 3.63) is 0 Å². The van der Waals surface area contributed by atoms with E-state index in [-0.39, 0.29) is 6.54 Å². The van der Waals surface area contributed by atoms with E-state index in [9.17, 15) is 50.1 Å². The van der Waals surface area contributed by atoms with Gasteiger partial charge in [0.15, 0.2) is 6.29 Å². The van der Waals surface area contributed by atoms with E-state index in [4.69, 9.17) is 14.2 Å². The molecule has 9 N–H and O–H groups in total. The van der Waals surface area contributed by atoms with Crippen LogP contribution in [0, 0.1) is 0 Å². The molecule has 2 aliphatic heterocycles. The first kappa shape index (κ1) is 33.4. The van der Waals surface area contributed by atoms with Gasteiger partial charge in [-0.25, -0.2) is 0 Å². The van der Waals surface area contributed by atoms with Crippen LogP contribution in [-0.4, -0.2) is 158 Å². The van der Waals surface area contributed by atoms with Gasteiger partial charge < -0.3 is 65.4 Å². The highest BCUT2D eigenvalue weighted by Gasteiger charge is 2.50. The van der Waals surface area contributed by atoms with Crippen LogP contribution >= 0.6 is 0 Å². The molecule has 0 bridgehead atoms. The minimum absolute atomic E-state index is 0.257. The highest BCUT2D eigenvalue weighted by molar-refractivity contribution is 5.73. The Balaban J connectivity index is 2.41. The lowest BCUT2D eigenvalue weighted by Crippen LogP contribution is -2.70. The van der Waals surface area contributed by atoms with E-state index < -0.39 is 105 Å². The van der Waals surface area contributed by atoms with Gasteiger partial charge >= 0.3 is 0 Å². The van der Waals surface area contributed by atoms with Crippen LogP contribution in [0.5, 0.6) is 0 Å². The van der Waals surface area contributed by atoms with Gasteiger partial charge in [0.1, 0.15) is 55.2 Å². The molecule has 2 heterocycles. The lowest BCUT2D eigenvalue weighted by molar-refractivity contribution is -0.272. The molecule has 0 aromatic heterocycles. The van der Waals surface area contributed by atoms with Gasteiger partial charge in [-0.05, 0) is 13.8 Å². The third kappa shape index (κ3) is 8.11. The van der Waals surface area contributed by atoms with Crippen LogP contribution < -0.4 is 10.6 Å². The van der Waals surface area contributed by atoms with Crippen LogP contribution in [0.25, 0.3) is 0 Å². The Kier molecular flexibility index (Phi) is 12.6. The number of carbonyl (C=O) groups is 3. The van der Waals surface area contributed by atoms with Gasteiger partial charge in [0.05, 0.1) is 37.5 Å². The quantitative estimate of drug-likeness (QED) is 0.0999. The Hall–Kier alpha value is -1.83. The second-order valence-corrected chi connectivity index (χ2v) is 9.90. The van der Waals surface area contributed by atoms with Crippen molar-refractivity contribution in [3.63, 3.8) is 0 Å². The summed E-state index contributed by atoms with van der Waals surface area (Å²) < 4.78 is 16.9. The molecule has 2 amide bonds. The first-order chi connectivity index (χ1) is 18.3. The summed E-state index contributed by atoms with van der Waals surface area (Å²) >= 11 is 0. The van der Waals surface area contributed by atoms with E-state index in [1.54, 1.807) is 0 Å². The number of amides is 2. The number of ether oxygens (including phenoxy) is 3. The van der Waals surface area contributed by atoms with E-state index in [0.29, 0.717) is 6.29 Å². The van der Waals surface area contributed by atoms with Crippen molar-refractivity contribution < 1.29 is 64.3 Å². The highest BCUT2D eigenvalue weighted by Crippen LogP contribution is 2.28. The number of hydrogen-bond donors (Lipinski definition) is 9. The van der Waals surface area contributed by atoms with Gasteiger partial charge in [0.2, 0.25) is 11.8 Å². The summed E-state index contributed by atoms with van der Waals surface area (Å²) in [4.78, 5) is 37.0. The lowest BCUT2D eigenvalue weighted by atomic mass is 9.94. The van der Waals surface area contributed by atoms with Gasteiger partial charge in [-0.2, -0.15) is 0 Å². The molecule has 0 aromatic carbocycles. The Bertz CT molecular complexity index is 820. The number of aliphatic hydroxyl groups is 7. The maximum atomic E-state index is 12.1. The molecule has 0 saturated carbocycles. The minimum atomic E-state index is -1.64. The summed E-state index contributed by atoms with van der Waals surface area (Å²) in [5.74, 6) is -1.16. The Labute approximate surface area is 225 Å². The summed E-state index contributed by atoms with van der Waals surface area (Å²) in [6.45, 7) is 3.53. The van der Waals surface area contributed by atoms with Gasteiger partial charge in [0, 0.05) is 20.4 Å². The topological polar surface area (TPSA) is 248 Å². The lowest BCUT2D eigenvalue weighted by Gasteiger charge is -2.49. The zero-order chi connectivity index (χ0) is 29.6. The van der Waals surface area contributed by atoms with Gasteiger partial charge in [-0.15, -0.1) is 0 Å². The van der Waals surface area contributed by atoms with Crippen molar-refractivity contribution in [1.82, 2.24) is 15.5 Å². The largest absolute Gasteiger partial charge is 0.394 e. The van der Waals surface area contributed by atoms with Crippen LogP contribution in [-0.2, 0) is 28.6 Å². The fourth-order valence-corrected chi connectivity index (χ4v) is 4.88. The summed E-state index contributed by atoms with van der Waals surface area (Å²) in [5.41, 5.74) is 0. The SMILES string of the molecule is CC(=O)N[C@@H]1[C@@H](OC(C)CN(C2O[C@H](CO)[C@@H](O)[C@H](O)[C@H]2NC(C)=O)[C@H](C=O)[C@@H](C)O)[C@H](O)[C@@H](CO)O[C@@H]1O. The van der Waals surface area contributed by atoms with Crippen molar-refractivity contribution in [3.8, 4) is 0 Å². The Morgan fingerprint density at radius 3 is 1.95 bits per heavy atom. The molecule has 0 aliphatic carbocycles. The molecule has 0 spiro atoms. The molecule has 13 atom stereocenters. The number of hydrogen-bond acceptors (Lipinski definition) is 14. The van der Waals surface area contributed by atoms with E-state index in [2.05, 4.69) is 10.6 Å². The molecule has 39 heavy (non-hydrogen) atoms. The molecule has 2 aliphatic rings. The normalized spacial score (nSPS) is 37.5. The van der Waals surface area contributed by atoms with Gasteiger partial charge in [-0.1, -0.05) is 0 Å². The van der Waals surface area contributed by atoms with E-state index in [1.807, 2.05) is 0 Å². The third-order valence-electron chi connectivity index (χ3n) is 6.71. The van der Waals surface area contributed by atoms with Crippen LogP contribution in [0.1, 0.15) is 27.7 Å². The van der Waals surface area contributed by atoms with Gasteiger partial charge in [-0.3, -0.25) is 14.5 Å². The summed E-state index contributed by atoms with van der Waals surface area (Å²) in [6, 6.07) is -3.85. The smallest absolute Gasteiger partial charge is 0.217 e. The maximum Gasteiger partial charge on any atom is 0.217 e. The van der Waals surface area contributed by atoms with Crippen LogP contribution in [0.3, 0.4) is 0 Å². The van der Waals surface area contributed by atoms with E-state index in [0.717, 1.165) is 6.92 Å². The molecule has 0 radical (unpaired) electrons. The van der Waals surface area contributed by atoms with Crippen molar-refractivity contribution in [2.45, 2.75) is 107 Å². The number of nitrogens with one attached hydrogen (secondary N) is 2. The molecule has 2 rings (SSSR count). The van der Waals surface area contributed by atoms with Gasteiger partial charge in [0.25, 0.3) is 0 Å². The second-order valence-electron chi connectivity index (χ2n) is 9.90. The molecular weight excluding hydrogens is 526 g/mol. The highest BCUT2D eigenvalue weighted by atomic mass is 16.6. The average molecular weight is 568 g/mol. The first-order valence-corrected chi connectivity index (χ1v) is 12.6. The molecular formula is C23H41N3O13. The first-order valence-electron chi connectivity index (χ1n) is 12.6. The number of aldehydes is 1. The Morgan fingerprint density at radius 2 is 1.46 bits per heavy atom. The number of aliphatic hydroxyl groups excluding tert-OH is 7. The van der Waals surface area contributed by atoms with Crippen molar-refractivity contribution >= 4 is 18.1 Å². The fraction of sp³-hybridized carbons (Fsp3) is 0.870. The van der Waals surface area contributed by atoms with Crippen LogP contribution in [0.2, 0.25) is 0 Å². The Morgan fingerprint density at radius 1 is 0.923 bits per heavy atom. The van der Waals surface area contributed by atoms with Crippen molar-refractivity contribution in [1.29, 1.82) is 0 Å². The predicted octanol–water partition coefficient (Wildman–Crippen LogP) is -5.47. The number of nitrogens with zero attached hydrogens (tertiary/aromatic N) is 1. The average Bonchev–Trinajstić information content (AvgIpc) is 2.85.